The SMILES string of the molecule is CNC1CCC(Sc2ccc(S(C)(=O)=O)cc2)C1. The van der Waals surface area contributed by atoms with Gasteiger partial charge in [-0.3, -0.25) is 0 Å². The minimum atomic E-state index is -3.08. The molecule has 0 bridgehead atoms. The van der Waals surface area contributed by atoms with Crippen molar-refractivity contribution in [1.82, 2.24) is 5.32 Å². The van der Waals surface area contributed by atoms with Crippen LogP contribution in [0.2, 0.25) is 0 Å². The van der Waals surface area contributed by atoms with E-state index in [0.29, 0.717) is 16.2 Å². The Bertz CT molecular complexity index is 496. The number of rotatable bonds is 4. The summed E-state index contributed by atoms with van der Waals surface area (Å²) >= 11 is 1.85. The van der Waals surface area contributed by atoms with Crippen molar-refractivity contribution in [1.29, 1.82) is 0 Å². The van der Waals surface area contributed by atoms with Crippen LogP contribution in [-0.4, -0.2) is 33.0 Å². The second-order valence-electron chi connectivity index (χ2n) is 4.78. The van der Waals surface area contributed by atoms with Gasteiger partial charge in [0.1, 0.15) is 0 Å². The van der Waals surface area contributed by atoms with Gasteiger partial charge in [0.25, 0.3) is 0 Å². The third-order valence-electron chi connectivity index (χ3n) is 3.35. The molecule has 100 valence electrons. The van der Waals surface area contributed by atoms with Gasteiger partial charge in [-0.05, 0) is 50.6 Å². The first-order valence-corrected chi connectivity index (χ1v) is 8.90. The zero-order valence-corrected chi connectivity index (χ0v) is 12.4. The zero-order chi connectivity index (χ0) is 13.2. The first-order chi connectivity index (χ1) is 8.49. The van der Waals surface area contributed by atoms with E-state index in [9.17, 15) is 8.42 Å². The van der Waals surface area contributed by atoms with Gasteiger partial charge < -0.3 is 5.32 Å². The molecule has 2 unspecified atom stereocenters. The molecule has 0 saturated heterocycles. The Morgan fingerprint density at radius 2 is 1.89 bits per heavy atom. The molecule has 5 heteroatoms. The van der Waals surface area contributed by atoms with Crippen molar-refractivity contribution in [2.24, 2.45) is 0 Å². The molecule has 3 nitrogen and oxygen atoms in total. The van der Waals surface area contributed by atoms with Crippen LogP contribution in [0.5, 0.6) is 0 Å². The van der Waals surface area contributed by atoms with Gasteiger partial charge in [-0.15, -0.1) is 11.8 Å². The molecular weight excluding hydrogens is 266 g/mol. The van der Waals surface area contributed by atoms with Gasteiger partial charge in [-0.25, -0.2) is 8.42 Å². The van der Waals surface area contributed by atoms with Gasteiger partial charge in [-0.1, -0.05) is 0 Å². The minimum Gasteiger partial charge on any atom is -0.317 e. The molecular formula is C13H19NO2S2. The summed E-state index contributed by atoms with van der Waals surface area (Å²) in [5.74, 6) is 0. The van der Waals surface area contributed by atoms with Crippen molar-refractivity contribution in [3.05, 3.63) is 24.3 Å². The number of hydrogen-bond donors (Lipinski definition) is 1. The Balaban J connectivity index is 1.99. The standard InChI is InChI=1S/C13H19NO2S2/c1-14-10-3-4-12(9-10)17-11-5-7-13(8-6-11)18(2,15)16/h5-8,10,12,14H,3-4,9H2,1-2H3. The van der Waals surface area contributed by atoms with Gasteiger partial charge >= 0.3 is 0 Å². The summed E-state index contributed by atoms with van der Waals surface area (Å²) in [4.78, 5) is 1.55. The Labute approximate surface area is 113 Å². The predicted molar refractivity (Wildman–Crippen MR) is 75.9 cm³/mol. The van der Waals surface area contributed by atoms with Gasteiger partial charge in [0, 0.05) is 22.4 Å². The first-order valence-electron chi connectivity index (χ1n) is 6.13. The van der Waals surface area contributed by atoms with E-state index in [-0.39, 0.29) is 0 Å². The molecule has 1 aromatic carbocycles. The molecule has 0 radical (unpaired) electrons. The molecule has 2 atom stereocenters. The molecule has 1 saturated carbocycles. The number of benzene rings is 1. The number of nitrogens with one attached hydrogen (secondary N) is 1. The van der Waals surface area contributed by atoms with E-state index in [1.807, 2.05) is 30.9 Å². The average molecular weight is 285 g/mol. The van der Waals surface area contributed by atoms with Gasteiger partial charge in [-0.2, -0.15) is 0 Å². The lowest BCUT2D eigenvalue weighted by atomic mass is 10.3. The highest BCUT2D eigenvalue weighted by atomic mass is 32.2. The van der Waals surface area contributed by atoms with Crippen LogP contribution < -0.4 is 5.32 Å². The van der Waals surface area contributed by atoms with Crippen LogP contribution in [0.15, 0.2) is 34.1 Å². The predicted octanol–water partition coefficient (Wildman–Crippen LogP) is 2.32. The normalized spacial score (nSPS) is 24.3. The van der Waals surface area contributed by atoms with Crippen LogP contribution in [0.1, 0.15) is 19.3 Å². The molecule has 0 heterocycles. The van der Waals surface area contributed by atoms with E-state index in [0.717, 1.165) is 4.90 Å². The van der Waals surface area contributed by atoms with Gasteiger partial charge in [0.15, 0.2) is 9.84 Å². The molecule has 0 spiro atoms. The smallest absolute Gasteiger partial charge is 0.175 e. The van der Waals surface area contributed by atoms with Crippen LogP contribution in [0.25, 0.3) is 0 Å². The molecule has 2 rings (SSSR count). The van der Waals surface area contributed by atoms with Crippen molar-refractivity contribution in [3.8, 4) is 0 Å². The minimum absolute atomic E-state index is 0.395. The average Bonchev–Trinajstić information content (AvgIpc) is 2.76. The summed E-state index contributed by atoms with van der Waals surface area (Å²) in [5, 5.41) is 3.96. The lowest BCUT2D eigenvalue weighted by Gasteiger charge is -2.10. The third kappa shape index (κ3) is 3.49. The topological polar surface area (TPSA) is 46.2 Å². The maximum absolute atomic E-state index is 11.4. The molecule has 1 aliphatic carbocycles. The fraction of sp³-hybridized carbons (Fsp3) is 0.538. The third-order valence-corrected chi connectivity index (χ3v) is 5.78. The van der Waals surface area contributed by atoms with Crippen molar-refractivity contribution >= 4 is 21.6 Å². The largest absolute Gasteiger partial charge is 0.317 e. The van der Waals surface area contributed by atoms with E-state index in [1.165, 1.54) is 25.5 Å². The van der Waals surface area contributed by atoms with Crippen molar-refractivity contribution in [2.45, 2.75) is 40.3 Å². The maximum atomic E-state index is 11.4. The van der Waals surface area contributed by atoms with E-state index >= 15 is 0 Å². The molecule has 0 aliphatic heterocycles. The summed E-state index contributed by atoms with van der Waals surface area (Å²) in [7, 11) is -1.07. The Morgan fingerprint density at radius 3 is 2.39 bits per heavy atom. The first kappa shape index (κ1) is 13.9. The van der Waals surface area contributed by atoms with E-state index < -0.39 is 9.84 Å². The summed E-state index contributed by atoms with van der Waals surface area (Å²) in [5.41, 5.74) is 0. The Kier molecular flexibility index (Phi) is 4.35. The monoisotopic (exact) mass is 285 g/mol. The quantitative estimate of drug-likeness (QED) is 0.922. The zero-order valence-electron chi connectivity index (χ0n) is 10.7. The molecule has 18 heavy (non-hydrogen) atoms. The van der Waals surface area contributed by atoms with Crippen molar-refractivity contribution in [2.75, 3.05) is 13.3 Å². The highest BCUT2D eigenvalue weighted by Gasteiger charge is 2.24. The fourth-order valence-corrected chi connectivity index (χ4v) is 4.16. The maximum Gasteiger partial charge on any atom is 0.175 e. The number of hydrogen-bond acceptors (Lipinski definition) is 4. The summed E-state index contributed by atoms with van der Waals surface area (Å²) < 4.78 is 22.7. The Hall–Kier alpha value is -0.520. The molecule has 1 aromatic rings. The highest BCUT2D eigenvalue weighted by molar-refractivity contribution is 8.00. The molecule has 0 amide bonds. The molecule has 0 aromatic heterocycles. The van der Waals surface area contributed by atoms with Crippen molar-refractivity contribution < 1.29 is 8.42 Å². The summed E-state index contributed by atoms with van der Waals surface area (Å²) in [6.45, 7) is 0. The Morgan fingerprint density at radius 1 is 1.22 bits per heavy atom. The van der Waals surface area contributed by atoms with E-state index in [4.69, 9.17) is 0 Å². The van der Waals surface area contributed by atoms with Gasteiger partial charge in [0.2, 0.25) is 0 Å². The van der Waals surface area contributed by atoms with Crippen LogP contribution in [0.3, 0.4) is 0 Å². The summed E-state index contributed by atoms with van der Waals surface area (Å²) in [6, 6.07) is 7.85. The molecule has 1 fully saturated rings. The van der Waals surface area contributed by atoms with Crippen LogP contribution >= 0.6 is 11.8 Å². The van der Waals surface area contributed by atoms with Crippen LogP contribution in [-0.2, 0) is 9.84 Å². The lowest BCUT2D eigenvalue weighted by Crippen LogP contribution is -2.21. The highest BCUT2D eigenvalue weighted by Crippen LogP contribution is 2.35. The number of sulfone groups is 1. The second kappa shape index (κ2) is 5.63. The second-order valence-corrected chi connectivity index (χ2v) is 8.17. The van der Waals surface area contributed by atoms with Crippen molar-refractivity contribution in [3.63, 3.8) is 0 Å². The lowest BCUT2D eigenvalue weighted by molar-refractivity contribution is 0.583. The molecule has 1 aliphatic rings. The van der Waals surface area contributed by atoms with Crippen LogP contribution in [0, 0.1) is 0 Å². The summed E-state index contributed by atoms with van der Waals surface area (Å²) in [6.07, 6.45) is 4.89. The molecule has 1 N–H and O–H groups in total. The van der Waals surface area contributed by atoms with E-state index in [1.54, 1.807) is 12.1 Å². The van der Waals surface area contributed by atoms with Crippen LogP contribution in [0.4, 0.5) is 0 Å². The van der Waals surface area contributed by atoms with E-state index in [2.05, 4.69) is 5.32 Å². The fourth-order valence-electron chi connectivity index (χ4n) is 2.27. The van der Waals surface area contributed by atoms with Gasteiger partial charge in [0.05, 0.1) is 4.90 Å². The number of thioether (sulfide) groups is 1.